The van der Waals surface area contributed by atoms with E-state index in [2.05, 4.69) is 4.90 Å². The van der Waals surface area contributed by atoms with Gasteiger partial charge in [-0.05, 0) is 40.8 Å². The first kappa shape index (κ1) is 22.0. The second-order valence-corrected chi connectivity index (χ2v) is 7.98. The van der Waals surface area contributed by atoms with Gasteiger partial charge in [0.05, 0.1) is 5.56 Å². The molecule has 1 aliphatic rings. The molecule has 0 aliphatic carbocycles. The van der Waals surface area contributed by atoms with E-state index < -0.39 is 11.7 Å². The largest absolute Gasteiger partial charge is 0.416 e. The molecule has 0 fully saturated rings. The van der Waals surface area contributed by atoms with Crippen molar-refractivity contribution < 1.29 is 18.0 Å². The summed E-state index contributed by atoms with van der Waals surface area (Å²) in [5.74, 6) is 0.0947. The Morgan fingerprint density at radius 1 is 0.844 bits per heavy atom. The molecule has 1 aliphatic heterocycles. The second-order valence-electron chi connectivity index (χ2n) is 7.98. The van der Waals surface area contributed by atoms with Crippen LogP contribution in [0.3, 0.4) is 0 Å². The Balaban J connectivity index is 1.32. The van der Waals surface area contributed by atoms with Gasteiger partial charge in [0.15, 0.2) is 5.78 Å². The minimum Gasteiger partial charge on any atom is -0.299 e. The van der Waals surface area contributed by atoms with E-state index in [0.29, 0.717) is 37.1 Å². The maximum absolute atomic E-state index is 13.0. The molecule has 0 saturated heterocycles. The van der Waals surface area contributed by atoms with Crippen LogP contribution >= 0.6 is 0 Å². The van der Waals surface area contributed by atoms with Gasteiger partial charge < -0.3 is 0 Å². The van der Waals surface area contributed by atoms with Gasteiger partial charge in [0, 0.05) is 31.6 Å². The van der Waals surface area contributed by atoms with Crippen LogP contribution < -0.4 is 0 Å². The van der Waals surface area contributed by atoms with Crippen molar-refractivity contribution in [2.24, 2.45) is 0 Å². The zero-order valence-corrected chi connectivity index (χ0v) is 17.6. The number of hydrogen-bond acceptors (Lipinski definition) is 2. The highest BCUT2D eigenvalue weighted by Gasteiger charge is 2.30. The molecule has 0 spiro atoms. The molecule has 0 amide bonds. The van der Waals surface area contributed by atoms with Gasteiger partial charge in [-0.2, -0.15) is 13.2 Å². The lowest BCUT2D eigenvalue weighted by molar-refractivity contribution is -0.137. The first-order valence-electron chi connectivity index (χ1n) is 10.7. The number of carbonyl (C=O) groups is 1. The van der Waals surface area contributed by atoms with Gasteiger partial charge in [-0.15, -0.1) is 0 Å². The van der Waals surface area contributed by atoms with Crippen LogP contribution in [-0.4, -0.2) is 30.3 Å². The first-order chi connectivity index (χ1) is 15.4. The van der Waals surface area contributed by atoms with Gasteiger partial charge in [0.2, 0.25) is 0 Å². The van der Waals surface area contributed by atoms with Crippen LogP contribution in [0.5, 0.6) is 0 Å². The topological polar surface area (TPSA) is 20.3 Å². The number of rotatable bonds is 6. The molecule has 32 heavy (non-hydrogen) atoms. The van der Waals surface area contributed by atoms with Crippen molar-refractivity contribution in [2.75, 3.05) is 19.6 Å². The number of benzene rings is 3. The lowest BCUT2D eigenvalue weighted by atomic mass is 9.97. The average molecular weight is 435 g/mol. The highest BCUT2D eigenvalue weighted by atomic mass is 19.4. The minimum absolute atomic E-state index is 0.0947. The number of alkyl halides is 3. The summed E-state index contributed by atoms with van der Waals surface area (Å²) in [6, 6.07) is 23.2. The highest BCUT2D eigenvalue weighted by Crippen LogP contribution is 2.32. The van der Waals surface area contributed by atoms with Gasteiger partial charge in [-0.3, -0.25) is 9.69 Å². The van der Waals surface area contributed by atoms with Crippen LogP contribution in [0.4, 0.5) is 13.2 Å². The molecule has 0 unspecified atom stereocenters. The average Bonchev–Trinajstić information content (AvgIpc) is 2.83. The summed E-state index contributed by atoms with van der Waals surface area (Å²) in [7, 11) is 0. The van der Waals surface area contributed by atoms with Gasteiger partial charge in [0.25, 0.3) is 0 Å². The summed E-state index contributed by atoms with van der Waals surface area (Å²) in [4.78, 5) is 14.8. The SMILES string of the molecule is O=C(CCN1CC=C(c2cccc(C(F)(F)F)c2)CC1)c1ccc(-c2ccccc2)cc1. The van der Waals surface area contributed by atoms with Gasteiger partial charge in [-0.1, -0.05) is 72.8 Å². The molecule has 0 radical (unpaired) electrons. The van der Waals surface area contributed by atoms with E-state index in [4.69, 9.17) is 0 Å². The molecule has 2 nitrogen and oxygen atoms in total. The summed E-state index contributed by atoms with van der Waals surface area (Å²) < 4.78 is 38.9. The number of hydrogen-bond donors (Lipinski definition) is 0. The smallest absolute Gasteiger partial charge is 0.299 e. The Labute approximate surface area is 186 Å². The van der Waals surface area contributed by atoms with Crippen molar-refractivity contribution in [3.05, 3.63) is 102 Å². The Morgan fingerprint density at radius 2 is 1.53 bits per heavy atom. The van der Waals surface area contributed by atoms with Crippen molar-refractivity contribution in [1.82, 2.24) is 4.90 Å². The fourth-order valence-electron chi connectivity index (χ4n) is 3.95. The van der Waals surface area contributed by atoms with Gasteiger partial charge in [-0.25, -0.2) is 0 Å². The zero-order valence-electron chi connectivity index (χ0n) is 17.6. The van der Waals surface area contributed by atoms with E-state index in [0.717, 1.165) is 29.3 Å². The molecule has 0 aromatic heterocycles. The standard InChI is InChI=1S/C27H24F3NO/c28-27(29,30)25-8-4-7-24(19-25)22-13-16-31(17-14-22)18-15-26(32)23-11-9-21(10-12-23)20-5-2-1-3-6-20/h1-13,19H,14-18H2. The van der Waals surface area contributed by atoms with Crippen LogP contribution in [0.15, 0.2) is 84.9 Å². The third-order valence-electron chi connectivity index (χ3n) is 5.82. The molecule has 164 valence electrons. The van der Waals surface area contributed by atoms with E-state index in [1.165, 1.54) is 12.1 Å². The summed E-state index contributed by atoms with van der Waals surface area (Å²) in [6.07, 6.45) is -1.28. The first-order valence-corrected chi connectivity index (χ1v) is 10.7. The summed E-state index contributed by atoms with van der Waals surface area (Å²) in [5, 5.41) is 0. The molecule has 0 N–H and O–H groups in total. The number of nitrogens with zero attached hydrogens (tertiary/aromatic N) is 1. The van der Waals surface area contributed by atoms with Crippen LogP contribution in [0.1, 0.15) is 34.3 Å². The molecular formula is C27H24F3NO. The van der Waals surface area contributed by atoms with Crippen molar-refractivity contribution in [1.29, 1.82) is 0 Å². The molecular weight excluding hydrogens is 411 g/mol. The van der Waals surface area contributed by atoms with Gasteiger partial charge >= 0.3 is 6.18 Å². The number of carbonyl (C=O) groups excluding carboxylic acids is 1. The summed E-state index contributed by atoms with van der Waals surface area (Å²) in [5.41, 5.74) is 3.81. The molecule has 4 rings (SSSR count). The minimum atomic E-state index is -4.34. The van der Waals surface area contributed by atoms with Crippen LogP contribution in [0.2, 0.25) is 0 Å². The van der Waals surface area contributed by atoms with Gasteiger partial charge in [0.1, 0.15) is 0 Å². The van der Waals surface area contributed by atoms with Crippen molar-refractivity contribution >= 4 is 11.4 Å². The normalized spacial score (nSPS) is 14.8. The Morgan fingerprint density at radius 3 is 2.19 bits per heavy atom. The molecule has 0 saturated carbocycles. The lowest BCUT2D eigenvalue weighted by Crippen LogP contribution is -2.30. The third-order valence-corrected chi connectivity index (χ3v) is 5.82. The molecule has 5 heteroatoms. The predicted octanol–water partition coefficient (Wildman–Crippen LogP) is 6.73. The second kappa shape index (κ2) is 9.53. The molecule has 0 atom stereocenters. The van der Waals surface area contributed by atoms with Crippen molar-refractivity contribution in [3.63, 3.8) is 0 Å². The zero-order chi connectivity index (χ0) is 22.6. The Bertz CT molecular complexity index is 1100. The lowest BCUT2D eigenvalue weighted by Gasteiger charge is -2.26. The third kappa shape index (κ3) is 5.35. The monoisotopic (exact) mass is 435 g/mol. The van der Waals surface area contributed by atoms with E-state index >= 15 is 0 Å². The van der Waals surface area contributed by atoms with E-state index in [9.17, 15) is 18.0 Å². The Hall–Kier alpha value is -3.18. The fraction of sp³-hybridized carbons (Fsp3) is 0.222. The molecule has 0 bridgehead atoms. The number of ketones is 1. The van der Waals surface area contributed by atoms with E-state index in [1.54, 1.807) is 6.07 Å². The van der Waals surface area contributed by atoms with Crippen LogP contribution in [-0.2, 0) is 6.18 Å². The fourth-order valence-corrected chi connectivity index (χ4v) is 3.95. The molecule has 1 heterocycles. The summed E-state index contributed by atoms with van der Waals surface area (Å²) in [6.45, 7) is 1.99. The van der Waals surface area contributed by atoms with E-state index in [1.807, 2.05) is 60.7 Å². The van der Waals surface area contributed by atoms with Crippen LogP contribution in [0.25, 0.3) is 16.7 Å². The van der Waals surface area contributed by atoms with Crippen molar-refractivity contribution in [2.45, 2.75) is 19.0 Å². The van der Waals surface area contributed by atoms with Crippen LogP contribution in [0, 0.1) is 0 Å². The number of Topliss-reactive ketones (excluding diaryl/α,β-unsaturated/α-hetero) is 1. The summed E-state index contributed by atoms with van der Waals surface area (Å²) >= 11 is 0. The Kier molecular flexibility index (Phi) is 6.56. The maximum atomic E-state index is 13.0. The predicted molar refractivity (Wildman–Crippen MR) is 121 cm³/mol. The maximum Gasteiger partial charge on any atom is 0.416 e. The molecule has 3 aromatic carbocycles. The highest BCUT2D eigenvalue weighted by molar-refractivity contribution is 5.96. The van der Waals surface area contributed by atoms with E-state index in [-0.39, 0.29) is 5.78 Å². The molecule has 3 aromatic rings. The number of halogens is 3. The quantitative estimate of drug-likeness (QED) is 0.400. The van der Waals surface area contributed by atoms with Crippen molar-refractivity contribution in [3.8, 4) is 11.1 Å².